The molecule has 2 heterocycles. The Bertz CT molecular complexity index is 410. The van der Waals surface area contributed by atoms with Gasteiger partial charge in [-0.1, -0.05) is 0 Å². The molecule has 6 nitrogen and oxygen atoms in total. The quantitative estimate of drug-likeness (QED) is 0.841. The number of piperidine rings is 1. The molecule has 2 unspecified atom stereocenters. The highest BCUT2D eigenvalue weighted by molar-refractivity contribution is 5.76. The summed E-state index contributed by atoms with van der Waals surface area (Å²) in [5.74, 6) is -0.786. The van der Waals surface area contributed by atoms with E-state index < -0.39 is 11.4 Å². The molecule has 0 aliphatic carbocycles. The number of carboxylic acid groups (broad SMARTS) is 1. The number of hydrogen-bond donors (Lipinski definition) is 1. The van der Waals surface area contributed by atoms with Crippen molar-refractivity contribution in [3.8, 4) is 0 Å². The molecule has 1 N–H and O–H groups in total. The summed E-state index contributed by atoms with van der Waals surface area (Å²) in [5.41, 5.74) is -0.796. The molecule has 0 aromatic rings. The summed E-state index contributed by atoms with van der Waals surface area (Å²) in [6.07, 6.45) is 1.73. The first-order valence-electron chi connectivity index (χ1n) is 7.70. The Morgan fingerprint density at radius 2 is 2.00 bits per heavy atom. The molecule has 2 rings (SSSR count). The molecular weight excluding hydrogens is 272 g/mol. The number of hydrogen-bond acceptors (Lipinski definition) is 3. The summed E-state index contributed by atoms with van der Waals surface area (Å²) in [4.78, 5) is 27.7. The number of carbonyl (C=O) groups excluding carboxylic acids is 1. The lowest BCUT2D eigenvalue weighted by Crippen LogP contribution is -2.55. The maximum absolute atomic E-state index is 12.7. The van der Waals surface area contributed by atoms with Crippen LogP contribution in [0.5, 0.6) is 0 Å². The summed E-state index contributed by atoms with van der Waals surface area (Å²) in [6, 6.07) is 0.107. The fourth-order valence-corrected chi connectivity index (χ4v) is 3.11. The number of carbonyl (C=O) groups is 2. The van der Waals surface area contributed by atoms with Gasteiger partial charge >= 0.3 is 12.0 Å². The van der Waals surface area contributed by atoms with E-state index >= 15 is 0 Å². The third-order valence-corrected chi connectivity index (χ3v) is 4.88. The van der Waals surface area contributed by atoms with Crippen molar-refractivity contribution in [2.75, 3.05) is 32.8 Å². The molecule has 120 valence electrons. The molecule has 2 saturated heterocycles. The lowest BCUT2D eigenvalue weighted by molar-refractivity contribution is -0.151. The summed E-state index contributed by atoms with van der Waals surface area (Å²) in [5, 5.41) is 9.38. The third kappa shape index (κ3) is 3.31. The summed E-state index contributed by atoms with van der Waals surface area (Å²) < 4.78 is 5.37. The van der Waals surface area contributed by atoms with Crippen LogP contribution in [-0.4, -0.2) is 65.8 Å². The Hall–Kier alpha value is -1.30. The van der Waals surface area contributed by atoms with Gasteiger partial charge in [-0.2, -0.15) is 0 Å². The Morgan fingerprint density at radius 1 is 1.29 bits per heavy atom. The van der Waals surface area contributed by atoms with Crippen molar-refractivity contribution in [2.45, 2.75) is 39.7 Å². The minimum Gasteiger partial charge on any atom is -0.481 e. The van der Waals surface area contributed by atoms with Crippen molar-refractivity contribution in [1.29, 1.82) is 0 Å². The van der Waals surface area contributed by atoms with E-state index in [-0.39, 0.29) is 18.0 Å². The largest absolute Gasteiger partial charge is 0.481 e. The number of urea groups is 1. The van der Waals surface area contributed by atoms with Crippen LogP contribution in [0.1, 0.15) is 33.6 Å². The fourth-order valence-electron chi connectivity index (χ4n) is 3.11. The van der Waals surface area contributed by atoms with Crippen LogP contribution in [0.15, 0.2) is 0 Å². The maximum atomic E-state index is 12.7. The number of rotatable bonds is 2. The average molecular weight is 298 g/mol. The van der Waals surface area contributed by atoms with Gasteiger partial charge in [0.15, 0.2) is 0 Å². The second kappa shape index (κ2) is 6.22. The van der Waals surface area contributed by atoms with Crippen LogP contribution >= 0.6 is 0 Å². The van der Waals surface area contributed by atoms with E-state index in [1.807, 2.05) is 16.7 Å². The van der Waals surface area contributed by atoms with Gasteiger partial charge < -0.3 is 19.6 Å². The molecule has 2 aliphatic rings. The standard InChI is InChI=1S/C15H26N2O4/c1-11-10-21-8-7-17(11)14(20)16-6-4-5-12(9-16)15(2,3)13(18)19/h11-12H,4-10H2,1-3H3,(H,18,19). The van der Waals surface area contributed by atoms with Crippen LogP contribution in [0.25, 0.3) is 0 Å². The lowest BCUT2D eigenvalue weighted by atomic mass is 9.74. The molecule has 0 saturated carbocycles. The van der Waals surface area contributed by atoms with E-state index in [0.29, 0.717) is 26.3 Å². The van der Waals surface area contributed by atoms with Gasteiger partial charge in [0.05, 0.1) is 24.7 Å². The van der Waals surface area contributed by atoms with Gasteiger partial charge in [0.1, 0.15) is 0 Å². The van der Waals surface area contributed by atoms with Crippen molar-refractivity contribution in [1.82, 2.24) is 9.80 Å². The van der Waals surface area contributed by atoms with E-state index in [1.165, 1.54) is 0 Å². The molecule has 2 aliphatic heterocycles. The first-order valence-corrected chi connectivity index (χ1v) is 7.70. The average Bonchev–Trinajstić information content (AvgIpc) is 2.47. The number of nitrogens with zero attached hydrogens (tertiary/aromatic N) is 2. The molecule has 0 aromatic heterocycles. The Morgan fingerprint density at radius 3 is 2.62 bits per heavy atom. The van der Waals surface area contributed by atoms with E-state index in [4.69, 9.17) is 4.74 Å². The Kier molecular flexibility index (Phi) is 4.76. The summed E-state index contributed by atoms with van der Waals surface area (Å²) in [6.45, 7) is 8.51. The number of morpholine rings is 1. The second-order valence-electron chi connectivity index (χ2n) is 6.71. The molecule has 21 heavy (non-hydrogen) atoms. The number of aliphatic carboxylic acids is 1. The zero-order chi connectivity index (χ0) is 15.6. The van der Waals surface area contributed by atoms with Gasteiger partial charge in [0.2, 0.25) is 0 Å². The Balaban J connectivity index is 2.03. The van der Waals surface area contributed by atoms with E-state index in [1.54, 1.807) is 13.8 Å². The first-order chi connectivity index (χ1) is 9.84. The molecule has 0 aromatic carbocycles. The van der Waals surface area contributed by atoms with Crippen LogP contribution in [0, 0.1) is 11.3 Å². The van der Waals surface area contributed by atoms with Gasteiger partial charge in [0, 0.05) is 19.6 Å². The van der Waals surface area contributed by atoms with Crippen molar-refractivity contribution in [3.63, 3.8) is 0 Å². The van der Waals surface area contributed by atoms with Gasteiger partial charge in [-0.05, 0) is 39.5 Å². The molecule has 0 bridgehead atoms. The van der Waals surface area contributed by atoms with E-state index in [2.05, 4.69) is 0 Å². The van der Waals surface area contributed by atoms with E-state index in [0.717, 1.165) is 19.4 Å². The third-order valence-electron chi connectivity index (χ3n) is 4.88. The number of carboxylic acids is 1. The van der Waals surface area contributed by atoms with Crippen LogP contribution < -0.4 is 0 Å². The lowest BCUT2D eigenvalue weighted by Gasteiger charge is -2.43. The van der Waals surface area contributed by atoms with Crippen molar-refractivity contribution < 1.29 is 19.4 Å². The normalized spacial score (nSPS) is 27.6. The molecule has 0 spiro atoms. The van der Waals surface area contributed by atoms with Crippen molar-refractivity contribution >= 4 is 12.0 Å². The van der Waals surface area contributed by atoms with Crippen molar-refractivity contribution in [3.05, 3.63) is 0 Å². The highest BCUT2D eigenvalue weighted by Crippen LogP contribution is 2.34. The van der Waals surface area contributed by atoms with Gasteiger partial charge in [0.25, 0.3) is 0 Å². The zero-order valence-electron chi connectivity index (χ0n) is 13.2. The molecule has 0 radical (unpaired) electrons. The van der Waals surface area contributed by atoms with Crippen LogP contribution in [0.4, 0.5) is 4.79 Å². The molecule has 2 amide bonds. The highest BCUT2D eigenvalue weighted by atomic mass is 16.5. The molecular formula is C15H26N2O4. The van der Waals surface area contributed by atoms with Gasteiger partial charge in [-0.15, -0.1) is 0 Å². The monoisotopic (exact) mass is 298 g/mol. The highest BCUT2D eigenvalue weighted by Gasteiger charge is 2.41. The summed E-state index contributed by atoms with van der Waals surface area (Å²) >= 11 is 0. The summed E-state index contributed by atoms with van der Waals surface area (Å²) in [7, 11) is 0. The topological polar surface area (TPSA) is 70.1 Å². The predicted octanol–water partition coefficient (Wildman–Crippen LogP) is 1.65. The number of amides is 2. The number of ether oxygens (including phenoxy) is 1. The van der Waals surface area contributed by atoms with Gasteiger partial charge in [-0.25, -0.2) is 4.79 Å². The number of likely N-dealkylation sites (tertiary alicyclic amines) is 1. The first kappa shape index (κ1) is 16.1. The van der Waals surface area contributed by atoms with Crippen LogP contribution in [-0.2, 0) is 9.53 Å². The zero-order valence-corrected chi connectivity index (χ0v) is 13.2. The minimum absolute atomic E-state index is 0.00375. The molecule has 2 atom stereocenters. The van der Waals surface area contributed by atoms with Crippen LogP contribution in [0.3, 0.4) is 0 Å². The molecule has 6 heteroatoms. The second-order valence-corrected chi connectivity index (χ2v) is 6.71. The van der Waals surface area contributed by atoms with Gasteiger partial charge in [-0.3, -0.25) is 4.79 Å². The fraction of sp³-hybridized carbons (Fsp3) is 0.867. The SMILES string of the molecule is CC1COCCN1C(=O)N1CCCC(C(C)(C)C(=O)O)C1. The van der Waals surface area contributed by atoms with E-state index in [9.17, 15) is 14.7 Å². The smallest absolute Gasteiger partial charge is 0.320 e. The predicted molar refractivity (Wildman–Crippen MR) is 78.1 cm³/mol. The Labute approximate surface area is 126 Å². The van der Waals surface area contributed by atoms with Crippen molar-refractivity contribution in [2.24, 2.45) is 11.3 Å². The van der Waals surface area contributed by atoms with Crippen LogP contribution in [0.2, 0.25) is 0 Å². The molecule has 2 fully saturated rings. The minimum atomic E-state index is -0.796. The maximum Gasteiger partial charge on any atom is 0.320 e.